The molecule has 0 aliphatic heterocycles. The van der Waals surface area contributed by atoms with Gasteiger partial charge in [-0.05, 0) is 48.8 Å². The van der Waals surface area contributed by atoms with Gasteiger partial charge in [0.1, 0.15) is 6.04 Å². The molecule has 0 radical (unpaired) electrons. The van der Waals surface area contributed by atoms with E-state index in [0.29, 0.717) is 0 Å². The molecule has 0 aromatic carbocycles. The monoisotopic (exact) mass is 377 g/mol. The topological polar surface area (TPSA) is 75.6 Å². The predicted molar refractivity (Wildman–Crippen MR) is 85.6 cm³/mol. The molecule has 1 atom stereocenters. The molecule has 1 unspecified atom stereocenters. The fourth-order valence-electron chi connectivity index (χ4n) is 1.59. The van der Waals surface area contributed by atoms with E-state index in [9.17, 15) is 9.59 Å². The lowest BCUT2D eigenvalue weighted by atomic mass is 10.1. The van der Waals surface area contributed by atoms with Crippen molar-refractivity contribution in [1.29, 1.82) is 0 Å². The number of nitrogens with one attached hydrogen (secondary N) is 1. The molecule has 7 heteroatoms. The second-order valence-corrected chi connectivity index (χ2v) is 8.14. The first-order valence-electron chi connectivity index (χ1n) is 6.58. The van der Waals surface area contributed by atoms with Gasteiger partial charge in [-0.25, -0.2) is 4.79 Å². The molecule has 1 rings (SSSR count). The van der Waals surface area contributed by atoms with Crippen molar-refractivity contribution in [3.8, 4) is 0 Å². The van der Waals surface area contributed by atoms with Crippen LogP contribution in [0.25, 0.3) is 0 Å². The van der Waals surface area contributed by atoms with E-state index >= 15 is 0 Å². The number of halogens is 1. The van der Waals surface area contributed by atoms with E-state index in [1.807, 2.05) is 32.9 Å². The smallest absolute Gasteiger partial charge is 0.326 e. The van der Waals surface area contributed by atoms with Gasteiger partial charge in [-0.3, -0.25) is 4.79 Å². The first-order chi connectivity index (χ1) is 9.67. The Balaban J connectivity index is 2.46. The van der Waals surface area contributed by atoms with Gasteiger partial charge in [-0.2, -0.15) is 0 Å². The van der Waals surface area contributed by atoms with Crippen molar-refractivity contribution in [2.45, 2.75) is 45.3 Å². The maximum Gasteiger partial charge on any atom is 0.326 e. The van der Waals surface area contributed by atoms with Gasteiger partial charge in [0.15, 0.2) is 0 Å². The fraction of sp³-hybridized carbons (Fsp3) is 0.571. The summed E-state index contributed by atoms with van der Waals surface area (Å²) in [7, 11) is 0. The molecular formula is C14H20BrNO4S. The van der Waals surface area contributed by atoms with Gasteiger partial charge >= 0.3 is 5.97 Å². The zero-order valence-electron chi connectivity index (χ0n) is 12.3. The molecule has 21 heavy (non-hydrogen) atoms. The highest BCUT2D eigenvalue weighted by molar-refractivity contribution is 9.11. The van der Waals surface area contributed by atoms with Crippen molar-refractivity contribution in [2.24, 2.45) is 0 Å². The highest BCUT2D eigenvalue weighted by atomic mass is 79.9. The summed E-state index contributed by atoms with van der Waals surface area (Å²) in [6.45, 7) is 5.98. The third-order valence-corrected chi connectivity index (χ3v) is 4.16. The first-order valence-corrected chi connectivity index (χ1v) is 8.18. The average Bonchev–Trinajstić information content (AvgIpc) is 2.71. The molecule has 0 spiro atoms. The van der Waals surface area contributed by atoms with Gasteiger partial charge < -0.3 is 15.2 Å². The Morgan fingerprint density at radius 1 is 1.43 bits per heavy atom. The minimum absolute atomic E-state index is 0.181. The van der Waals surface area contributed by atoms with E-state index in [4.69, 9.17) is 9.84 Å². The Kier molecular flexibility index (Phi) is 6.83. The van der Waals surface area contributed by atoms with Gasteiger partial charge in [0, 0.05) is 17.9 Å². The van der Waals surface area contributed by atoms with Gasteiger partial charge in [-0.15, -0.1) is 11.3 Å². The summed E-state index contributed by atoms with van der Waals surface area (Å²) in [6.07, 6.45) is 0.423. The van der Waals surface area contributed by atoms with Crippen molar-refractivity contribution >= 4 is 39.1 Å². The predicted octanol–water partition coefficient (Wildman–Crippen LogP) is 2.83. The first kappa shape index (κ1) is 18.1. The van der Waals surface area contributed by atoms with Crippen molar-refractivity contribution in [2.75, 3.05) is 6.61 Å². The molecule has 0 bridgehead atoms. The van der Waals surface area contributed by atoms with Crippen LogP contribution < -0.4 is 5.32 Å². The molecule has 0 aliphatic carbocycles. The third kappa shape index (κ3) is 7.59. The van der Waals surface area contributed by atoms with Crippen LogP contribution in [-0.4, -0.2) is 35.2 Å². The fourth-order valence-corrected chi connectivity index (χ4v) is 3.07. The lowest BCUT2D eigenvalue weighted by Crippen LogP contribution is -2.42. The van der Waals surface area contributed by atoms with Crippen LogP contribution in [0.5, 0.6) is 0 Å². The van der Waals surface area contributed by atoms with Gasteiger partial charge in [0.05, 0.1) is 15.8 Å². The quantitative estimate of drug-likeness (QED) is 0.765. The van der Waals surface area contributed by atoms with E-state index in [1.165, 1.54) is 11.3 Å². The lowest BCUT2D eigenvalue weighted by Gasteiger charge is -2.21. The summed E-state index contributed by atoms with van der Waals surface area (Å²) < 4.78 is 6.44. The molecule has 0 fully saturated rings. The summed E-state index contributed by atoms with van der Waals surface area (Å²) >= 11 is 4.78. The minimum Gasteiger partial charge on any atom is -0.480 e. The van der Waals surface area contributed by atoms with Crippen molar-refractivity contribution in [1.82, 2.24) is 5.32 Å². The van der Waals surface area contributed by atoms with Crippen molar-refractivity contribution in [3.05, 3.63) is 20.8 Å². The Labute approximate surface area is 136 Å². The number of aliphatic carboxylic acids is 1. The molecule has 0 saturated carbocycles. The zero-order chi connectivity index (χ0) is 16.0. The normalized spacial score (nSPS) is 13.0. The van der Waals surface area contributed by atoms with E-state index < -0.39 is 12.0 Å². The van der Waals surface area contributed by atoms with Gasteiger partial charge in [0.2, 0.25) is 5.91 Å². The van der Waals surface area contributed by atoms with E-state index in [0.717, 1.165) is 8.66 Å². The Morgan fingerprint density at radius 3 is 2.57 bits per heavy atom. The molecule has 5 nitrogen and oxygen atoms in total. The van der Waals surface area contributed by atoms with Crippen LogP contribution in [0.3, 0.4) is 0 Å². The van der Waals surface area contributed by atoms with Gasteiger partial charge in [0.25, 0.3) is 0 Å². The third-order valence-electron chi connectivity index (χ3n) is 2.54. The number of hydrogen-bond acceptors (Lipinski definition) is 4. The maximum absolute atomic E-state index is 11.9. The number of amides is 1. The van der Waals surface area contributed by atoms with Crippen molar-refractivity contribution < 1.29 is 19.4 Å². The van der Waals surface area contributed by atoms with Crippen LogP contribution in [0.2, 0.25) is 0 Å². The van der Waals surface area contributed by atoms with Crippen LogP contribution in [0.15, 0.2) is 15.9 Å². The summed E-state index contributed by atoms with van der Waals surface area (Å²) in [5, 5.41) is 11.7. The second-order valence-electron chi connectivity index (χ2n) is 5.59. The number of carbonyl (C=O) groups is 2. The SMILES string of the molecule is CC(C)(C)OCCC(NC(=O)Cc1ccc(Br)s1)C(=O)O. The van der Waals surface area contributed by atoms with Crippen LogP contribution >= 0.6 is 27.3 Å². The molecular weight excluding hydrogens is 358 g/mol. The van der Waals surface area contributed by atoms with Crippen LogP contribution in [-0.2, 0) is 20.7 Å². The number of carboxylic acids is 1. The number of hydrogen-bond donors (Lipinski definition) is 2. The number of thiophene rings is 1. The summed E-state index contributed by atoms with van der Waals surface area (Å²) in [5.74, 6) is -1.35. The Hall–Kier alpha value is -0.920. The van der Waals surface area contributed by atoms with Gasteiger partial charge in [-0.1, -0.05) is 0 Å². The number of ether oxygens (including phenoxy) is 1. The number of carboxylic acid groups (broad SMARTS) is 1. The summed E-state index contributed by atoms with van der Waals surface area (Å²) in [4.78, 5) is 23.9. The summed E-state index contributed by atoms with van der Waals surface area (Å²) in [6, 6.07) is 2.77. The Bertz CT molecular complexity index is 495. The standard InChI is InChI=1S/C14H20BrNO4S/c1-14(2,3)20-7-6-10(13(18)19)16-12(17)8-9-4-5-11(15)21-9/h4-5,10H,6-8H2,1-3H3,(H,16,17)(H,18,19). The lowest BCUT2D eigenvalue weighted by molar-refractivity contribution is -0.142. The number of rotatable bonds is 7. The van der Waals surface area contributed by atoms with Crippen LogP contribution in [0.4, 0.5) is 0 Å². The molecule has 1 aromatic rings. The molecule has 2 N–H and O–H groups in total. The van der Waals surface area contributed by atoms with E-state index in [1.54, 1.807) is 0 Å². The molecule has 0 aliphatic rings. The van der Waals surface area contributed by atoms with Crippen molar-refractivity contribution in [3.63, 3.8) is 0 Å². The number of carbonyl (C=O) groups excluding carboxylic acids is 1. The summed E-state index contributed by atoms with van der Waals surface area (Å²) in [5.41, 5.74) is -0.323. The largest absolute Gasteiger partial charge is 0.480 e. The highest BCUT2D eigenvalue weighted by Gasteiger charge is 2.21. The molecule has 1 aromatic heterocycles. The molecule has 1 amide bonds. The minimum atomic E-state index is -1.05. The van der Waals surface area contributed by atoms with E-state index in [2.05, 4.69) is 21.2 Å². The van der Waals surface area contributed by atoms with Crippen LogP contribution in [0.1, 0.15) is 32.1 Å². The maximum atomic E-state index is 11.9. The average molecular weight is 378 g/mol. The van der Waals surface area contributed by atoms with E-state index in [-0.39, 0.29) is 31.0 Å². The molecule has 118 valence electrons. The highest BCUT2D eigenvalue weighted by Crippen LogP contribution is 2.22. The molecule has 1 heterocycles. The second kappa shape index (κ2) is 7.91. The molecule has 0 saturated heterocycles. The van der Waals surface area contributed by atoms with Crippen LogP contribution in [0, 0.1) is 0 Å². The Morgan fingerprint density at radius 2 is 2.10 bits per heavy atom. The zero-order valence-corrected chi connectivity index (χ0v) is 14.7.